The molecule has 1 aromatic carbocycles. The van der Waals surface area contributed by atoms with Gasteiger partial charge in [-0.05, 0) is 49.2 Å². The van der Waals surface area contributed by atoms with Gasteiger partial charge in [0.2, 0.25) is 5.91 Å². The van der Waals surface area contributed by atoms with Crippen molar-refractivity contribution in [3.8, 4) is 11.5 Å². The third-order valence-corrected chi connectivity index (χ3v) is 5.73. The largest absolute Gasteiger partial charge is 0.493 e. The lowest BCUT2D eigenvalue weighted by molar-refractivity contribution is -0.135. The third-order valence-electron chi connectivity index (χ3n) is 4.50. The van der Waals surface area contributed by atoms with Crippen LogP contribution in [0.1, 0.15) is 25.3 Å². The van der Waals surface area contributed by atoms with Crippen LogP contribution in [0.5, 0.6) is 11.5 Å². The predicted octanol–water partition coefficient (Wildman–Crippen LogP) is 3.41. The van der Waals surface area contributed by atoms with E-state index >= 15 is 0 Å². The molecule has 0 aliphatic carbocycles. The monoisotopic (exact) mass is 424 g/mol. The number of likely N-dealkylation sites (tertiary alicyclic amines) is 1. The van der Waals surface area contributed by atoms with Gasteiger partial charge in [-0.15, -0.1) is 0 Å². The van der Waals surface area contributed by atoms with E-state index in [1.807, 2.05) is 6.92 Å². The van der Waals surface area contributed by atoms with Gasteiger partial charge >= 0.3 is 0 Å². The second-order valence-corrected chi connectivity index (χ2v) is 7.71. The molecule has 2 aliphatic heterocycles. The molecule has 3 rings (SSSR count). The normalized spacial score (nSPS) is 18.3. The quantitative estimate of drug-likeness (QED) is 0.651. The highest BCUT2D eigenvalue weighted by molar-refractivity contribution is 8.18. The zero-order valence-corrected chi connectivity index (χ0v) is 17.3. The summed E-state index contributed by atoms with van der Waals surface area (Å²) >= 11 is 7.10. The van der Waals surface area contributed by atoms with Gasteiger partial charge in [0.15, 0.2) is 11.5 Å². The molecule has 0 atom stereocenters. The first-order valence-corrected chi connectivity index (χ1v) is 10.2. The number of carbonyl (C=O) groups excluding carboxylic acids is 3. The first-order valence-electron chi connectivity index (χ1n) is 8.98. The molecule has 2 aliphatic rings. The second-order valence-electron chi connectivity index (χ2n) is 6.31. The maximum Gasteiger partial charge on any atom is 0.294 e. The lowest BCUT2D eigenvalue weighted by Crippen LogP contribution is -2.40. The van der Waals surface area contributed by atoms with E-state index in [1.54, 1.807) is 17.0 Å². The zero-order valence-electron chi connectivity index (χ0n) is 15.7. The number of hydrogen-bond acceptors (Lipinski definition) is 6. The van der Waals surface area contributed by atoms with Gasteiger partial charge in [-0.25, -0.2) is 0 Å². The number of benzene rings is 1. The van der Waals surface area contributed by atoms with E-state index < -0.39 is 11.1 Å². The van der Waals surface area contributed by atoms with E-state index in [0.29, 0.717) is 41.8 Å². The van der Waals surface area contributed by atoms with Crippen molar-refractivity contribution in [1.29, 1.82) is 0 Å². The van der Waals surface area contributed by atoms with Crippen molar-refractivity contribution in [3.63, 3.8) is 0 Å². The standard InChI is InChI=1S/C19H21ClN2O5S/c1-3-27-15-10-13(20)12(8-14(15)26-2)9-16-18(24)22(19(25)28-16)11-17(23)21-6-4-5-7-21/h8-10H,3-7,11H2,1-2H3/b16-9+. The van der Waals surface area contributed by atoms with Crippen LogP contribution in [0.3, 0.4) is 0 Å². The zero-order chi connectivity index (χ0) is 20.3. The molecule has 0 saturated carbocycles. The molecule has 28 heavy (non-hydrogen) atoms. The predicted molar refractivity (Wildman–Crippen MR) is 108 cm³/mol. The Bertz CT molecular complexity index is 836. The smallest absolute Gasteiger partial charge is 0.294 e. The maximum atomic E-state index is 12.7. The van der Waals surface area contributed by atoms with E-state index in [2.05, 4.69) is 0 Å². The minimum absolute atomic E-state index is 0.207. The summed E-state index contributed by atoms with van der Waals surface area (Å²) in [5, 5.41) is -0.0954. The van der Waals surface area contributed by atoms with Gasteiger partial charge in [-0.2, -0.15) is 0 Å². The number of halogens is 1. The summed E-state index contributed by atoms with van der Waals surface area (Å²) in [4.78, 5) is 40.1. The van der Waals surface area contributed by atoms with Crippen LogP contribution in [0.2, 0.25) is 5.02 Å². The van der Waals surface area contributed by atoms with Crippen molar-refractivity contribution < 1.29 is 23.9 Å². The minimum atomic E-state index is -0.494. The molecular formula is C19H21ClN2O5S. The second kappa shape index (κ2) is 8.87. The maximum absolute atomic E-state index is 12.7. The Kier molecular flexibility index (Phi) is 6.51. The average molecular weight is 425 g/mol. The molecule has 3 amide bonds. The van der Waals surface area contributed by atoms with Crippen LogP contribution in [0.4, 0.5) is 4.79 Å². The minimum Gasteiger partial charge on any atom is -0.493 e. The van der Waals surface area contributed by atoms with Gasteiger partial charge < -0.3 is 14.4 Å². The van der Waals surface area contributed by atoms with Crippen LogP contribution in [-0.4, -0.2) is 60.2 Å². The van der Waals surface area contributed by atoms with E-state index in [0.717, 1.165) is 29.5 Å². The summed E-state index contributed by atoms with van der Waals surface area (Å²) in [6.45, 7) is 3.41. The Hall–Kier alpha value is -2.19. The van der Waals surface area contributed by atoms with Crippen LogP contribution in [0.25, 0.3) is 6.08 Å². The van der Waals surface area contributed by atoms with Crippen molar-refractivity contribution in [3.05, 3.63) is 27.6 Å². The molecular weight excluding hydrogens is 404 g/mol. The number of rotatable bonds is 6. The van der Waals surface area contributed by atoms with Crippen molar-refractivity contribution in [2.24, 2.45) is 0 Å². The number of amides is 3. The number of thioether (sulfide) groups is 1. The van der Waals surface area contributed by atoms with Crippen molar-refractivity contribution in [1.82, 2.24) is 9.80 Å². The fraction of sp³-hybridized carbons (Fsp3) is 0.421. The van der Waals surface area contributed by atoms with Crippen molar-refractivity contribution in [2.75, 3.05) is 33.4 Å². The molecule has 0 spiro atoms. The SMILES string of the molecule is CCOc1cc(Cl)c(/C=C2/SC(=O)N(CC(=O)N3CCCC3)C2=O)cc1OC. The summed E-state index contributed by atoms with van der Waals surface area (Å²) in [7, 11) is 1.51. The Balaban J connectivity index is 1.80. The number of nitrogens with zero attached hydrogens (tertiary/aromatic N) is 2. The fourth-order valence-corrected chi connectivity index (χ4v) is 4.11. The molecule has 150 valence electrons. The van der Waals surface area contributed by atoms with Crippen LogP contribution in [0.15, 0.2) is 17.0 Å². The molecule has 0 N–H and O–H groups in total. The molecule has 0 bridgehead atoms. The highest BCUT2D eigenvalue weighted by atomic mass is 35.5. The van der Waals surface area contributed by atoms with Crippen LogP contribution >= 0.6 is 23.4 Å². The molecule has 7 nitrogen and oxygen atoms in total. The Morgan fingerprint density at radius 2 is 1.96 bits per heavy atom. The van der Waals surface area contributed by atoms with E-state index in [-0.39, 0.29) is 17.4 Å². The van der Waals surface area contributed by atoms with E-state index in [4.69, 9.17) is 21.1 Å². The summed E-state index contributed by atoms with van der Waals surface area (Å²) in [5.41, 5.74) is 0.526. The van der Waals surface area contributed by atoms with Gasteiger partial charge in [-0.1, -0.05) is 11.6 Å². The highest BCUT2D eigenvalue weighted by Crippen LogP contribution is 2.37. The van der Waals surface area contributed by atoms with E-state index in [9.17, 15) is 14.4 Å². The summed E-state index contributed by atoms with van der Waals surface area (Å²) in [6.07, 6.45) is 3.43. The Labute approximate surface area is 172 Å². The van der Waals surface area contributed by atoms with Crippen molar-refractivity contribution in [2.45, 2.75) is 19.8 Å². The Morgan fingerprint density at radius 3 is 2.61 bits per heavy atom. The summed E-state index contributed by atoms with van der Waals surface area (Å²) < 4.78 is 10.8. The van der Waals surface area contributed by atoms with Crippen molar-refractivity contribution >= 4 is 46.5 Å². The number of ether oxygens (including phenoxy) is 2. The first kappa shape index (κ1) is 20.5. The summed E-state index contributed by atoms with van der Waals surface area (Å²) in [5.74, 6) is 0.269. The lowest BCUT2D eigenvalue weighted by Gasteiger charge is -2.18. The van der Waals surface area contributed by atoms with E-state index in [1.165, 1.54) is 13.2 Å². The molecule has 2 fully saturated rings. The summed E-state index contributed by atoms with van der Waals surface area (Å²) in [6, 6.07) is 3.26. The van der Waals surface area contributed by atoms with Gasteiger partial charge in [0.25, 0.3) is 11.1 Å². The molecule has 0 aromatic heterocycles. The molecule has 0 unspecified atom stereocenters. The average Bonchev–Trinajstić information content (AvgIpc) is 3.29. The number of hydrogen-bond donors (Lipinski definition) is 0. The highest BCUT2D eigenvalue weighted by Gasteiger charge is 2.37. The third kappa shape index (κ3) is 4.28. The number of methoxy groups -OCH3 is 1. The topological polar surface area (TPSA) is 76.2 Å². The first-order chi connectivity index (χ1) is 13.4. The molecule has 0 radical (unpaired) electrons. The fourth-order valence-electron chi connectivity index (χ4n) is 3.07. The molecule has 1 aromatic rings. The van der Waals surface area contributed by atoms with Gasteiger partial charge in [0.1, 0.15) is 6.54 Å². The molecule has 9 heteroatoms. The van der Waals surface area contributed by atoms with Gasteiger partial charge in [0, 0.05) is 19.2 Å². The van der Waals surface area contributed by atoms with Gasteiger partial charge in [0.05, 0.1) is 23.6 Å². The number of imide groups is 1. The molecule has 2 saturated heterocycles. The van der Waals surface area contributed by atoms with Crippen LogP contribution in [-0.2, 0) is 9.59 Å². The van der Waals surface area contributed by atoms with Crippen LogP contribution in [0, 0.1) is 0 Å². The lowest BCUT2D eigenvalue weighted by atomic mass is 10.1. The Morgan fingerprint density at radius 1 is 1.25 bits per heavy atom. The number of carbonyl (C=O) groups is 3. The molecule has 2 heterocycles. The van der Waals surface area contributed by atoms with Crippen LogP contribution < -0.4 is 9.47 Å². The van der Waals surface area contributed by atoms with Gasteiger partial charge in [-0.3, -0.25) is 19.3 Å².